The number of halogens is 1. The fourth-order valence-corrected chi connectivity index (χ4v) is 4.25. The molecule has 2 heterocycles. The van der Waals surface area contributed by atoms with Crippen LogP contribution in [0.4, 0.5) is 9.39 Å². The maximum absolute atomic E-state index is 13.0. The smallest absolute Gasteiger partial charge is 0.261 e. The molecule has 0 radical (unpaired) electrons. The predicted octanol–water partition coefficient (Wildman–Crippen LogP) is 3.63. The van der Waals surface area contributed by atoms with Crippen molar-refractivity contribution >= 4 is 28.2 Å². The molecule has 1 saturated heterocycles. The highest BCUT2D eigenvalue weighted by molar-refractivity contribution is 7.18. The molecule has 0 unspecified atom stereocenters. The van der Waals surface area contributed by atoms with Crippen LogP contribution in [0.1, 0.15) is 40.9 Å². The number of thiophene rings is 1. The highest BCUT2D eigenvalue weighted by Crippen LogP contribution is 2.31. The number of hydrogen-bond donors (Lipinski definition) is 2. The molecule has 1 aromatic carbocycles. The highest BCUT2D eigenvalue weighted by Gasteiger charge is 2.30. The molecule has 28 heavy (non-hydrogen) atoms. The largest absolute Gasteiger partial charge is 0.349 e. The minimum absolute atomic E-state index is 0.0577. The average Bonchev–Trinajstić information content (AvgIpc) is 3.45. The van der Waals surface area contributed by atoms with Gasteiger partial charge >= 0.3 is 0 Å². The second kappa shape index (κ2) is 8.41. The van der Waals surface area contributed by atoms with Gasteiger partial charge in [-0.2, -0.15) is 0 Å². The quantitative estimate of drug-likeness (QED) is 0.777. The Morgan fingerprint density at radius 3 is 2.43 bits per heavy atom. The van der Waals surface area contributed by atoms with Crippen molar-refractivity contribution in [2.75, 3.05) is 18.4 Å². The summed E-state index contributed by atoms with van der Waals surface area (Å²) in [5.74, 6) is -0.0790. The van der Waals surface area contributed by atoms with Crippen LogP contribution >= 0.6 is 11.3 Å². The second-order valence-corrected chi connectivity index (χ2v) is 8.66. The third-order valence-corrected chi connectivity index (χ3v) is 6.27. The average molecular weight is 402 g/mol. The first-order valence-electron chi connectivity index (χ1n) is 9.75. The van der Waals surface area contributed by atoms with E-state index in [0.717, 1.165) is 55.9 Å². The van der Waals surface area contributed by atoms with Gasteiger partial charge in [0.25, 0.3) is 5.91 Å². The molecule has 1 aliphatic heterocycles. The summed E-state index contributed by atoms with van der Waals surface area (Å²) >= 11 is 1.32. The number of anilines is 1. The van der Waals surface area contributed by atoms with E-state index in [9.17, 15) is 14.0 Å². The summed E-state index contributed by atoms with van der Waals surface area (Å²) in [6.07, 6.45) is 3.71. The fourth-order valence-electron chi connectivity index (χ4n) is 3.44. The minimum Gasteiger partial charge on any atom is -0.349 e. The zero-order valence-electron chi connectivity index (χ0n) is 15.6. The lowest BCUT2D eigenvalue weighted by Crippen LogP contribution is -2.44. The molecule has 4 rings (SSSR count). The van der Waals surface area contributed by atoms with E-state index in [0.29, 0.717) is 4.88 Å². The number of rotatable bonds is 6. The molecule has 2 fully saturated rings. The van der Waals surface area contributed by atoms with E-state index in [1.54, 1.807) is 12.1 Å². The molecule has 2 amide bonds. The number of hydrogen-bond acceptors (Lipinski definition) is 4. The van der Waals surface area contributed by atoms with Crippen molar-refractivity contribution in [1.29, 1.82) is 0 Å². The van der Waals surface area contributed by atoms with E-state index in [1.807, 2.05) is 12.1 Å². The van der Waals surface area contributed by atoms with E-state index < -0.39 is 0 Å². The number of carbonyl (C=O) groups excluding carboxylic acids is 2. The molecular formula is C21H24FN3O2S. The van der Waals surface area contributed by atoms with Gasteiger partial charge in [-0.1, -0.05) is 12.1 Å². The first kappa shape index (κ1) is 19.1. The van der Waals surface area contributed by atoms with E-state index in [-0.39, 0.29) is 29.6 Å². The third-order valence-electron chi connectivity index (χ3n) is 5.27. The van der Waals surface area contributed by atoms with Crippen LogP contribution in [0.5, 0.6) is 0 Å². The standard InChI is InChI=1S/C21H24FN3O2S/c22-16-5-1-14(2-6-16)13-25-11-9-17(10-12-25)23-21(27)18-7-8-19(28-18)24-20(26)15-3-4-15/h1-2,5-8,15,17H,3-4,9-13H2,(H,23,27)(H,24,26). The SMILES string of the molecule is O=C(NC1CCN(Cc2ccc(F)cc2)CC1)c1ccc(NC(=O)C2CC2)s1. The lowest BCUT2D eigenvalue weighted by atomic mass is 10.0. The van der Waals surface area contributed by atoms with Gasteiger partial charge in [-0.25, -0.2) is 4.39 Å². The van der Waals surface area contributed by atoms with Gasteiger partial charge in [0, 0.05) is 31.6 Å². The van der Waals surface area contributed by atoms with Gasteiger partial charge in [0.2, 0.25) is 5.91 Å². The van der Waals surface area contributed by atoms with E-state index in [4.69, 9.17) is 0 Å². The molecule has 2 aromatic rings. The zero-order valence-corrected chi connectivity index (χ0v) is 16.4. The maximum atomic E-state index is 13.0. The fraction of sp³-hybridized carbons (Fsp3) is 0.429. The van der Waals surface area contributed by atoms with Gasteiger partial charge in [0.15, 0.2) is 0 Å². The van der Waals surface area contributed by atoms with E-state index in [2.05, 4.69) is 15.5 Å². The number of amides is 2. The van der Waals surface area contributed by atoms with Crippen LogP contribution in [0.25, 0.3) is 0 Å². The summed E-state index contributed by atoms with van der Waals surface area (Å²) in [4.78, 5) is 27.3. The van der Waals surface area contributed by atoms with Crippen LogP contribution in [0, 0.1) is 11.7 Å². The molecular weight excluding hydrogens is 377 g/mol. The Bertz CT molecular complexity index is 840. The third kappa shape index (κ3) is 4.97. The number of carbonyl (C=O) groups is 2. The lowest BCUT2D eigenvalue weighted by molar-refractivity contribution is -0.117. The Morgan fingerprint density at radius 1 is 1.04 bits per heavy atom. The zero-order chi connectivity index (χ0) is 19.5. The Hall–Kier alpha value is -2.25. The number of nitrogens with one attached hydrogen (secondary N) is 2. The van der Waals surface area contributed by atoms with Gasteiger partial charge in [-0.3, -0.25) is 14.5 Å². The summed E-state index contributed by atoms with van der Waals surface area (Å²) in [6.45, 7) is 2.60. The van der Waals surface area contributed by atoms with Crippen molar-refractivity contribution in [3.8, 4) is 0 Å². The molecule has 0 bridgehead atoms. The summed E-state index contributed by atoms with van der Waals surface area (Å²) < 4.78 is 13.0. The maximum Gasteiger partial charge on any atom is 0.261 e. The van der Waals surface area contributed by atoms with Gasteiger partial charge in [-0.15, -0.1) is 11.3 Å². The Kier molecular flexibility index (Phi) is 5.73. The number of piperidine rings is 1. The Balaban J connectivity index is 1.23. The van der Waals surface area contributed by atoms with Crippen molar-refractivity contribution < 1.29 is 14.0 Å². The molecule has 0 spiro atoms. The topological polar surface area (TPSA) is 61.4 Å². The van der Waals surface area contributed by atoms with Crippen LogP contribution in [0.2, 0.25) is 0 Å². The van der Waals surface area contributed by atoms with Crippen molar-refractivity contribution in [2.45, 2.75) is 38.3 Å². The monoisotopic (exact) mass is 401 g/mol. The van der Waals surface area contributed by atoms with Crippen LogP contribution in [-0.4, -0.2) is 35.8 Å². The molecule has 1 aliphatic carbocycles. The van der Waals surface area contributed by atoms with Gasteiger partial charge < -0.3 is 10.6 Å². The highest BCUT2D eigenvalue weighted by atomic mass is 32.1. The molecule has 0 atom stereocenters. The van der Waals surface area contributed by atoms with Gasteiger partial charge in [0.1, 0.15) is 5.82 Å². The van der Waals surface area contributed by atoms with Crippen LogP contribution in [-0.2, 0) is 11.3 Å². The summed E-state index contributed by atoms with van der Waals surface area (Å²) in [5, 5.41) is 6.73. The van der Waals surface area contributed by atoms with Crippen LogP contribution < -0.4 is 10.6 Å². The lowest BCUT2D eigenvalue weighted by Gasteiger charge is -2.32. The van der Waals surface area contributed by atoms with Crippen molar-refractivity contribution in [2.24, 2.45) is 5.92 Å². The summed E-state index contributed by atoms with van der Waals surface area (Å²) in [7, 11) is 0. The summed E-state index contributed by atoms with van der Waals surface area (Å²) in [5.41, 5.74) is 1.10. The number of benzene rings is 1. The van der Waals surface area contributed by atoms with Crippen LogP contribution in [0.3, 0.4) is 0 Å². The van der Waals surface area contributed by atoms with E-state index >= 15 is 0 Å². The Labute approximate surface area is 167 Å². The van der Waals surface area contributed by atoms with Gasteiger partial charge in [0.05, 0.1) is 9.88 Å². The minimum atomic E-state index is -0.214. The summed E-state index contributed by atoms with van der Waals surface area (Å²) in [6, 6.07) is 10.3. The predicted molar refractivity (Wildman–Crippen MR) is 108 cm³/mol. The van der Waals surface area contributed by atoms with Crippen molar-refractivity contribution in [3.05, 3.63) is 52.7 Å². The van der Waals surface area contributed by atoms with Crippen molar-refractivity contribution in [3.63, 3.8) is 0 Å². The molecule has 2 N–H and O–H groups in total. The normalized spacial score (nSPS) is 18.0. The van der Waals surface area contributed by atoms with Gasteiger partial charge in [-0.05, 0) is 55.5 Å². The molecule has 5 nitrogen and oxygen atoms in total. The first-order valence-corrected chi connectivity index (χ1v) is 10.6. The molecule has 148 valence electrons. The van der Waals surface area contributed by atoms with Crippen molar-refractivity contribution in [1.82, 2.24) is 10.2 Å². The molecule has 1 aromatic heterocycles. The number of nitrogens with zero attached hydrogens (tertiary/aromatic N) is 1. The molecule has 7 heteroatoms. The Morgan fingerprint density at radius 2 is 1.75 bits per heavy atom. The first-order chi connectivity index (χ1) is 13.6. The van der Waals surface area contributed by atoms with E-state index in [1.165, 1.54) is 23.5 Å². The number of likely N-dealkylation sites (tertiary alicyclic amines) is 1. The van der Waals surface area contributed by atoms with Crippen LogP contribution in [0.15, 0.2) is 36.4 Å². The second-order valence-electron chi connectivity index (χ2n) is 7.58. The molecule has 1 saturated carbocycles. The molecule has 2 aliphatic rings.